The predicted octanol–water partition coefficient (Wildman–Crippen LogP) is 2.84. The van der Waals surface area contributed by atoms with Crippen molar-refractivity contribution in [1.29, 1.82) is 0 Å². The van der Waals surface area contributed by atoms with Crippen LogP contribution in [-0.2, 0) is 23.0 Å². The molecular formula is C19H24O7S. The van der Waals surface area contributed by atoms with Crippen molar-refractivity contribution >= 4 is 10.1 Å². The summed E-state index contributed by atoms with van der Waals surface area (Å²) in [7, 11) is 2.51. The summed E-state index contributed by atoms with van der Waals surface area (Å²) in [6, 6.07) is 8.99. The van der Waals surface area contributed by atoms with E-state index in [2.05, 4.69) is 0 Å². The van der Waals surface area contributed by atoms with Crippen LogP contribution in [0, 0.1) is 0 Å². The third-order valence-electron chi connectivity index (χ3n) is 3.90. The number of ether oxygens (including phenoxy) is 4. The molecule has 2 aromatic carbocycles. The van der Waals surface area contributed by atoms with Gasteiger partial charge in [0.15, 0.2) is 23.0 Å². The van der Waals surface area contributed by atoms with Crippen LogP contribution in [0.15, 0.2) is 30.3 Å². The number of rotatable bonds is 9. The third kappa shape index (κ3) is 5.43. The molecular weight excluding hydrogens is 372 g/mol. The van der Waals surface area contributed by atoms with Crippen LogP contribution in [0.4, 0.5) is 0 Å². The lowest BCUT2D eigenvalue weighted by Crippen LogP contribution is -2.07. The maximum Gasteiger partial charge on any atom is 0.306 e. The van der Waals surface area contributed by atoms with Crippen molar-refractivity contribution in [2.24, 2.45) is 0 Å². The average Bonchev–Trinajstić information content (AvgIpc) is 2.64. The second-order valence-electron chi connectivity index (χ2n) is 5.81. The Bertz CT molecular complexity index is 866. The smallest absolute Gasteiger partial charge is 0.306 e. The summed E-state index contributed by atoms with van der Waals surface area (Å²) >= 11 is 0. The summed E-state index contributed by atoms with van der Waals surface area (Å²) < 4.78 is 49.1. The average molecular weight is 396 g/mol. The maximum atomic E-state index is 11.4. The van der Waals surface area contributed by atoms with E-state index in [0.29, 0.717) is 35.8 Å². The first-order chi connectivity index (χ1) is 12.8. The molecule has 2 aromatic rings. The summed E-state index contributed by atoms with van der Waals surface area (Å²) in [6.07, 6.45) is 2.33. The minimum Gasteiger partial charge on any atom is -0.493 e. The molecule has 0 amide bonds. The molecule has 148 valence electrons. The zero-order valence-corrected chi connectivity index (χ0v) is 16.9. The first kappa shape index (κ1) is 20.7. The van der Waals surface area contributed by atoms with Crippen molar-refractivity contribution in [3.8, 4) is 28.7 Å². The fourth-order valence-corrected chi connectivity index (χ4v) is 3.13. The van der Waals surface area contributed by atoms with Crippen LogP contribution in [0.25, 0.3) is 0 Å². The fourth-order valence-electron chi connectivity index (χ4n) is 2.67. The predicted molar refractivity (Wildman–Crippen MR) is 102 cm³/mol. The quantitative estimate of drug-likeness (QED) is 0.603. The van der Waals surface area contributed by atoms with E-state index in [1.54, 1.807) is 33.5 Å². The van der Waals surface area contributed by atoms with Crippen LogP contribution < -0.4 is 23.1 Å². The second kappa shape index (κ2) is 8.85. The van der Waals surface area contributed by atoms with E-state index in [0.717, 1.165) is 17.4 Å². The number of benzene rings is 2. The highest BCUT2D eigenvalue weighted by Gasteiger charge is 2.14. The standard InChI is InChI=1S/C19H24O7S/c1-22-15-9-8-13(10-16(15)26-27(5,20)21)6-7-14-11-17(23-2)19(25-4)18(12-14)24-3/h8-12H,6-7H2,1-5H3. The Labute approximate surface area is 159 Å². The van der Waals surface area contributed by atoms with Crippen LogP contribution in [-0.4, -0.2) is 43.1 Å². The van der Waals surface area contributed by atoms with Gasteiger partial charge in [0.2, 0.25) is 5.75 Å². The SMILES string of the molecule is COc1ccc(CCc2cc(OC)c(OC)c(OC)c2)cc1OS(C)(=O)=O. The van der Waals surface area contributed by atoms with E-state index in [1.807, 2.05) is 18.2 Å². The monoisotopic (exact) mass is 396 g/mol. The molecule has 27 heavy (non-hydrogen) atoms. The van der Waals surface area contributed by atoms with Crippen LogP contribution in [0.2, 0.25) is 0 Å². The van der Waals surface area contributed by atoms with E-state index < -0.39 is 10.1 Å². The Morgan fingerprint density at radius 3 is 1.70 bits per heavy atom. The second-order valence-corrected chi connectivity index (χ2v) is 7.38. The van der Waals surface area contributed by atoms with Gasteiger partial charge in [0.1, 0.15) is 0 Å². The highest BCUT2D eigenvalue weighted by molar-refractivity contribution is 7.86. The van der Waals surface area contributed by atoms with Gasteiger partial charge in [-0.05, 0) is 48.2 Å². The lowest BCUT2D eigenvalue weighted by Gasteiger charge is -2.14. The van der Waals surface area contributed by atoms with Crippen molar-refractivity contribution in [2.75, 3.05) is 34.7 Å². The summed E-state index contributed by atoms with van der Waals surface area (Å²) in [5.74, 6) is 2.24. The van der Waals surface area contributed by atoms with Gasteiger partial charge in [-0.15, -0.1) is 0 Å². The molecule has 0 radical (unpaired) electrons. The van der Waals surface area contributed by atoms with Gasteiger partial charge in [-0.2, -0.15) is 8.42 Å². The van der Waals surface area contributed by atoms with Gasteiger partial charge >= 0.3 is 10.1 Å². The summed E-state index contributed by atoms with van der Waals surface area (Å²) in [5, 5.41) is 0. The molecule has 0 heterocycles. The van der Waals surface area contributed by atoms with Gasteiger partial charge in [0, 0.05) is 0 Å². The molecule has 0 bridgehead atoms. The van der Waals surface area contributed by atoms with E-state index in [-0.39, 0.29) is 5.75 Å². The van der Waals surface area contributed by atoms with E-state index in [9.17, 15) is 8.42 Å². The summed E-state index contributed by atoms with van der Waals surface area (Å²) in [5.41, 5.74) is 1.90. The van der Waals surface area contributed by atoms with E-state index >= 15 is 0 Å². The highest BCUT2D eigenvalue weighted by Crippen LogP contribution is 2.38. The molecule has 0 spiro atoms. The number of aryl methyl sites for hydroxylation is 2. The Kier molecular flexibility index (Phi) is 6.79. The molecule has 0 saturated carbocycles. The largest absolute Gasteiger partial charge is 0.493 e. The molecule has 0 aliphatic rings. The zero-order chi connectivity index (χ0) is 20.0. The van der Waals surface area contributed by atoms with Crippen LogP contribution in [0.1, 0.15) is 11.1 Å². The Morgan fingerprint density at radius 2 is 1.22 bits per heavy atom. The number of hydrogen-bond donors (Lipinski definition) is 0. The van der Waals surface area contributed by atoms with Crippen molar-refractivity contribution in [3.05, 3.63) is 41.5 Å². The van der Waals surface area contributed by atoms with Gasteiger partial charge < -0.3 is 23.1 Å². The first-order valence-electron chi connectivity index (χ1n) is 8.16. The molecule has 0 atom stereocenters. The Balaban J connectivity index is 2.25. The van der Waals surface area contributed by atoms with Gasteiger partial charge in [-0.25, -0.2) is 0 Å². The van der Waals surface area contributed by atoms with Gasteiger partial charge in [-0.1, -0.05) is 6.07 Å². The van der Waals surface area contributed by atoms with Gasteiger partial charge in [-0.3, -0.25) is 0 Å². The molecule has 0 aromatic heterocycles. The fraction of sp³-hybridized carbons (Fsp3) is 0.368. The zero-order valence-electron chi connectivity index (χ0n) is 16.1. The topological polar surface area (TPSA) is 80.3 Å². The van der Waals surface area contributed by atoms with E-state index in [1.165, 1.54) is 7.11 Å². The van der Waals surface area contributed by atoms with Crippen LogP contribution >= 0.6 is 0 Å². The number of hydrogen-bond acceptors (Lipinski definition) is 7. The van der Waals surface area contributed by atoms with Gasteiger partial charge in [0.25, 0.3) is 0 Å². The Hall–Kier alpha value is -2.61. The van der Waals surface area contributed by atoms with Crippen molar-refractivity contribution in [3.63, 3.8) is 0 Å². The minimum absolute atomic E-state index is 0.169. The van der Waals surface area contributed by atoms with Crippen LogP contribution in [0.3, 0.4) is 0 Å². The molecule has 2 rings (SSSR count). The summed E-state index contributed by atoms with van der Waals surface area (Å²) in [6.45, 7) is 0. The highest BCUT2D eigenvalue weighted by atomic mass is 32.2. The molecule has 0 fully saturated rings. The molecule has 0 N–H and O–H groups in total. The normalized spacial score (nSPS) is 11.0. The Morgan fingerprint density at radius 1 is 0.704 bits per heavy atom. The molecule has 8 heteroatoms. The van der Waals surface area contributed by atoms with Crippen LogP contribution in [0.5, 0.6) is 28.7 Å². The third-order valence-corrected chi connectivity index (χ3v) is 4.38. The molecule has 0 saturated heterocycles. The first-order valence-corrected chi connectivity index (χ1v) is 9.98. The van der Waals surface area contributed by atoms with Crippen molar-refractivity contribution < 1.29 is 31.5 Å². The lowest BCUT2D eigenvalue weighted by molar-refractivity contribution is 0.324. The molecule has 0 aliphatic heterocycles. The number of methoxy groups -OCH3 is 4. The lowest BCUT2D eigenvalue weighted by atomic mass is 10.0. The van der Waals surface area contributed by atoms with E-state index in [4.69, 9.17) is 23.1 Å². The molecule has 0 aliphatic carbocycles. The van der Waals surface area contributed by atoms with Crippen molar-refractivity contribution in [2.45, 2.75) is 12.8 Å². The minimum atomic E-state index is -3.65. The van der Waals surface area contributed by atoms with Gasteiger partial charge in [0.05, 0.1) is 34.7 Å². The summed E-state index contributed by atoms with van der Waals surface area (Å²) in [4.78, 5) is 0. The maximum absolute atomic E-state index is 11.4. The molecule has 7 nitrogen and oxygen atoms in total. The van der Waals surface area contributed by atoms with Crippen molar-refractivity contribution in [1.82, 2.24) is 0 Å². The molecule has 0 unspecified atom stereocenters.